The number of pyridine rings is 1. The van der Waals surface area contributed by atoms with Crippen LogP contribution in [0.1, 0.15) is 11.1 Å². The number of ether oxygens (including phenoxy) is 1. The van der Waals surface area contributed by atoms with Gasteiger partial charge in [0.25, 0.3) is 0 Å². The van der Waals surface area contributed by atoms with E-state index >= 15 is 0 Å². The second-order valence-electron chi connectivity index (χ2n) is 4.72. The van der Waals surface area contributed by atoms with Crippen LogP contribution in [-0.4, -0.2) is 18.1 Å². The summed E-state index contributed by atoms with van der Waals surface area (Å²) in [6.45, 7) is 0. The van der Waals surface area contributed by atoms with E-state index in [9.17, 15) is 0 Å². The minimum Gasteiger partial charge on any atom is -0.481 e. The number of aromatic nitrogens is 1. The molecule has 0 fully saturated rings. The van der Waals surface area contributed by atoms with Crippen LogP contribution >= 0.6 is 23.2 Å². The first-order valence-electron chi connectivity index (χ1n) is 6.51. The van der Waals surface area contributed by atoms with Gasteiger partial charge in [0.05, 0.1) is 7.11 Å². The predicted molar refractivity (Wildman–Crippen MR) is 85.8 cm³/mol. The Hall–Kier alpha value is -1.33. The van der Waals surface area contributed by atoms with Gasteiger partial charge in [-0.1, -0.05) is 35.3 Å². The van der Waals surface area contributed by atoms with Gasteiger partial charge >= 0.3 is 0 Å². The average Bonchev–Trinajstić information content (AvgIpc) is 2.49. The van der Waals surface area contributed by atoms with Crippen LogP contribution in [-0.2, 0) is 12.8 Å². The van der Waals surface area contributed by atoms with Gasteiger partial charge in [-0.15, -0.1) is 0 Å². The van der Waals surface area contributed by atoms with Crippen molar-refractivity contribution < 1.29 is 4.74 Å². The Kier molecular flexibility index (Phi) is 5.82. The lowest BCUT2D eigenvalue weighted by Crippen LogP contribution is -2.38. The summed E-state index contributed by atoms with van der Waals surface area (Å²) < 4.78 is 5.04. The summed E-state index contributed by atoms with van der Waals surface area (Å²) in [6, 6.07) is 9.34. The Balaban J connectivity index is 2.05. The Morgan fingerprint density at radius 1 is 1.24 bits per heavy atom. The fourth-order valence-electron chi connectivity index (χ4n) is 2.08. The van der Waals surface area contributed by atoms with Crippen LogP contribution in [0.4, 0.5) is 0 Å². The van der Waals surface area contributed by atoms with E-state index in [4.69, 9.17) is 33.8 Å². The summed E-state index contributed by atoms with van der Waals surface area (Å²) in [5.41, 5.74) is 4.90. The van der Waals surface area contributed by atoms with Crippen molar-refractivity contribution in [1.82, 2.24) is 10.4 Å². The molecule has 0 radical (unpaired) electrons. The molecule has 1 aromatic heterocycles. The summed E-state index contributed by atoms with van der Waals surface area (Å²) in [6.07, 6.45) is 3.23. The van der Waals surface area contributed by atoms with Crippen LogP contribution in [0.3, 0.4) is 0 Å². The molecule has 3 N–H and O–H groups in total. The Labute approximate surface area is 134 Å². The standard InChI is InChI=1S/C15H17Cl2N3O/c1-21-15-5-2-10(9-19-15)6-13(20-18)7-11-3-4-12(16)8-14(11)17/h2-5,8-9,13,20H,6-7,18H2,1H3. The fraction of sp³-hybridized carbons (Fsp3) is 0.267. The van der Waals surface area contributed by atoms with Gasteiger partial charge in [-0.05, 0) is 36.1 Å². The first-order chi connectivity index (χ1) is 10.1. The summed E-state index contributed by atoms with van der Waals surface area (Å²) in [5, 5.41) is 1.27. The van der Waals surface area contributed by atoms with E-state index in [2.05, 4.69) is 10.4 Å². The lowest BCUT2D eigenvalue weighted by Gasteiger charge is -2.17. The minimum absolute atomic E-state index is 0.0545. The maximum atomic E-state index is 6.19. The van der Waals surface area contributed by atoms with Crippen LogP contribution in [0.15, 0.2) is 36.5 Å². The van der Waals surface area contributed by atoms with E-state index in [1.807, 2.05) is 24.3 Å². The number of hydrogen-bond donors (Lipinski definition) is 2. The smallest absolute Gasteiger partial charge is 0.212 e. The molecule has 2 rings (SSSR count). The number of benzene rings is 1. The quantitative estimate of drug-likeness (QED) is 0.633. The highest BCUT2D eigenvalue weighted by molar-refractivity contribution is 6.35. The van der Waals surface area contributed by atoms with Gasteiger partial charge in [0.15, 0.2) is 0 Å². The molecule has 0 aliphatic heterocycles. The second-order valence-corrected chi connectivity index (χ2v) is 5.56. The zero-order chi connectivity index (χ0) is 15.2. The Morgan fingerprint density at radius 3 is 2.62 bits per heavy atom. The monoisotopic (exact) mass is 325 g/mol. The third-order valence-corrected chi connectivity index (χ3v) is 3.79. The van der Waals surface area contributed by atoms with E-state index in [0.717, 1.165) is 17.5 Å². The molecule has 0 saturated heterocycles. The van der Waals surface area contributed by atoms with Crippen molar-refractivity contribution in [1.29, 1.82) is 0 Å². The number of hydrazine groups is 1. The molecular formula is C15H17Cl2N3O. The highest BCUT2D eigenvalue weighted by Crippen LogP contribution is 2.22. The Morgan fingerprint density at radius 2 is 2.05 bits per heavy atom. The highest BCUT2D eigenvalue weighted by atomic mass is 35.5. The number of nitrogens with two attached hydrogens (primary N) is 1. The molecule has 0 aliphatic carbocycles. The van der Waals surface area contributed by atoms with Crippen molar-refractivity contribution >= 4 is 23.2 Å². The lowest BCUT2D eigenvalue weighted by atomic mass is 10.0. The molecule has 1 atom stereocenters. The molecule has 4 nitrogen and oxygen atoms in total. The van der Waals surface area contributed by atoms with Crippen molar-refractivity contribution in [2.24, 2.45) is 5.84 Å². The van der Waals surface area contributed by atoms with E-state index in [-0.39, 0.29) is 6.04 Å². The zero-order valence-electron chi connectivity index (χ0n) is 11.6. The molecule has 21 heavy (non-hydrogen) atoms. The van der Waals surface area contributed by atoms with Gasteiger partial charge in [-0.2, -0.15) is 0 Å². The number of halogens is 2. The maximum Gasteiger partial charge on any atom is 0.212 e. The molecular weight excluding hydrogens is 309 g/mol. The van der Waals surface area contributed by atoms with Gasteiger partial charge in [-0.25, -0.2) is 4.98 Å². The van der Waals surface area contributed by atoms with Crippen LogP contribution in [0.2, 0.25) is 10.0 Å². The van der Waals surface area contributed by atoms with Crippen LogP contribution < -0.4 is 16.0 Å². The van der Waals surface area contributed by atoms with Gasteiger partial charge in [-0.3, -0.25) is 11.3 Å². The molecule has 2 aromatic rings. The van der Waals surface area contributed by atoms with Crippen LogP contribution in [0.25, 0.3) is 0 Å². The molecule has 0 amide bonds. The predicted octanol–water partition coefficient (Wildman–Crippen LogP) is 3.01. The summed E-state index contributed by atoms with van der Waals surface area (Å²) in [7, 11) is 1.59. The molecule has 0 aliphatic rings. The summed E-state index contributed by atoms with van der Waals surface area (Å²) >= 11 is 12.1. The van der Waals surface area contributed by atoms with E-state index < -0.39 is 0 Å². The van der Waals surface area contributed by atoms with Crippen molar-refractivity contribution in [3.63, 3.8) is 0 Å². The maximum absolute atomic E-state index is 6.19. The van der Waals surface area contributed by atoms with Crippen molar-refractivity contribution in [2.75, 3.05) is 7.11 Å². The molecule has 0 bridgehead atoms. The number of methoxy groups -OCH3 is 1. The molecule has 0 saturated carbocycles. The molecule has 1 aromatic carbocycles. The van der Waals surface area contributed by atoms with Crippen molar-refractivity contribution in [2.45, 2.75) is 18.9 Å². The average molecular weight is 326 g/mol. The third-order valence-electron chi connectivity index (χ3n) is 3.21. The number of rotatable bonds is 6. The number of hydrogen-bond acceptors (Lipinski definition) is 4. The summed E-state index contributed by atoms with van der Waals surface area (Å²) in [4.78, 5) is 4.19. The van der Waals surface area contributed by atoms with Crippen molar-refractivity contribution in [3.8, 4) is 5.88 Å². The first kappa shape index (κ1) is 16.0. The van der Waals surface area contributed by atoms with Crippen LogP contribution in [0.5, 0.6) is 5.88 Å². The van der Waals surface area contributed by atoms with Crippen molar-refractivity contribution in [3.05, 3.63) is 57.7 Å². The molecule has 6 heteroatoms. The summed E-state index contributed by atoms with van der Waals surface area (Å²) in [5.74, 6) is 6.23. The lowest BCUT2D eigenvalue weighted by molar-refractivity contribution is 0.397. The molecule has 1 unspecified atom stereocenters. The fourth-order valence-corrected chi connectivity index (χ4v) is 2.57. The molecule has 112 valence electrons. The van der Waals surface area contributed by atoms with Gasteiger partial charge in [0.2, 0.25) is 5.88 Å². The van der Waals surface area contributed by atoms with E-state index in [1.165, 1.54) is 0 Å². The van der Waals surface area contributed by atoms with Gasteiger partial charge < -0.3 is 4.74 Å². The molecule has 1 heterocycles. The van der Waals surface area contributed by atoms with Gasteiger partial charge in [0.1, 0.15) is 0 Å². The highest BCUT2D eigenvalue weighted by Gasteiger charge is 2.12. The minimum atomic E-state index is 0.0545. The molecule has 0 spiro atoms. The van der Waals surface area contributed by atoms with E-state index in [0.29, 0.717) is 22.3 Å². The normalized spacial score (nSPS) is 12.2. The first-order valence-corrected chi connectivity index (χ1v) is 7.27. The largest absolute Gasteiger partial charge is 0.481 e. The van der Waals surface area contributed by atoms with Gasteiger partial charge in [0, 0.05) is 28.4 Å². The topological polar surface area (TPSA) is 60.2 Å². The third kappa shape index (κ3) is 4.58. The zero-order valence-corrected chi connectivity index (χ0v) is 13.2. The Bertz CT molecular complexity index is 590. The number of nitrogens with one attached hydrogen (secondary N) is 1. The SMILES string of the molecule is COc1ccc(CC(Cc2ccc(Cl)cc2Cl)NN)cn1. The van der Waals surface area contributed by atoms with Crippen LogP contribution in [0, 0.1) is 0 Å². The number of nitrogens with zero attached hydrogens (tertiary/aromatic N) is 1. The second kappa shape index (κ2) is 7.61. The van der Waals surface area contributed by atoms with E-state index in [1.54, 1.807) is 19.4 Å².